The zero-order chi connectivity index (χ0) is 9.23. The largest absolute Gasteiger partial charge is 0.395 e. The topological polar surface area (TPSA) is 32.7 Å². The summed E-state index contributed by atoms with van der Waals surface area (Å²) < 4.78 is 4.93. The maximum Gasteiger partial charge on any atom is 0.0558 e. The lowest BCUT2D eigenvalue weighted by atomic mass is 10.4. The van der Waals surface area contributed by atoms with Crippen LogP contribution in [0.25, 0.3) is 0 Å². The highest BCUT2D eigenvalue weighted by atomic mass is 16.5. The van der Waals surface area contributed by atoms with Gasteiger partial charge in [-0.3, -0.25) is 4.90 Å². The van der Waals surface area contributed by atoms with Crippen molar-refractivity contribution in [1.82, 2.24) is 4.90 Å². The Balaban J connectivity index is 3.40. The van der Waals surface area contributed by atoms with Gasteiger partial charge in [-0.1, -0.05) is 6.08 Å². The molecule has 0 fully saturated rings. The fraction of sp³-hybridized carbons (Fsp3) is 0.778. The smallest absolute Gasteiger partial charge is 0.0558 e. The molecule has 1 N–H and O–H groups in total. The first-order valence-electron chi connectivity index (χ1n) is 4.28. The minimum atomic E-state index is 0.209. The average molecular weight is 173 g/mol. The van der Waals surface area contributed by atoms with Crippen molar-refractivity contribution in [3.63, 3.8) is 0 Å². The molecule has 0 bridgehead atoms. The van der Waals surface area contributed by atoms with E-state index in [1.165, 1.54) is 0 Å². The molecule has 0 saturated heterocycles. The van der Waals surface area contributed by atoms with E-state index in [4.69, 9.17) is 9.84 Å². The summed E-state index contributed by atoms with van der Waals surface area (Å²) in [6.45, 7) is 7.16. The van der Waals surface area contributed by atoms with Gasteiger partial charge < -0.3 is 9.84 Å². The number of rotatable bonds is 8. The lowest BCUT2D eigenvalue weighted by Crippen LogP contribution is -2.28. The molecular formula is C9H19NO2. The maximum absolute atomic E-state index is 8.71. The van der Waals surface area contributed by atoms with Gasteiger partial charge in [0, 0.05) is 33.4 Å². The second kappa shape index (κ2) is 8.71. The molecule has 3 nitrogen and oxygen atoms in total. The van der Waals surface area contributed by atoms with E-state index in [-0.39, 0.29) is 6.61 Å². The van der Waals surface area contributed by atoms with E-state index in [0.717, 1.165) is 32.7 Å². The van der Waals surface area contributed by atoms with E-state index in [9.17, 15) is 0 Å². The molecule has 0 spiro atoms. The van der Waals surface area contributed by atoms with Crippen LogP contribution in [0.2, 0.25) is 0 Å². The van der Waals surface area contributed by atoms with Gasteiger partial charge in [-0.05, 0) is 6.42 Å². The number of methoxy groups -OCH3 is 1. The van der Waals surface area contributed by atoms with Gasteiger partial charge in [0.1, 0.15) is 0 Å². The average Bonchev–Trinajstić information content (AvgIpc) is 2.06. The van der Waals surface area contributed by atoms with Gasteiger partial charge in [0.2, 0.25) is 0 Å². The predicted molar refractivity (Wildman–Crippen MR) is 50.2 cm³/mol. The van der Waals surface area contributed by atoms with Gasteiger partial charge in [0.15, 0.2) is 0 Å². The quantitative estimate of drug-likeness (QED) is 0.428. The molecule has 0 unspecified atom stereocenters. The number of nitrogens with zero attached hydrogens (tertiary/aromatic N) is 1. The summed E-state index contributed by atoms with van der Waals surface area (Å²) in [6, 6.07) is 0. The molecule has 0 amide bonds. The predicted octanol–water partition coefficient (Wildman–Crippen LogP) is 0.503. The van der Waals surface area contributed by atoms with E-state index in [1.54, 1.807) is 7.11 Å². The summed E-state index contributed by atoms with van der Waals surface area (Å²) in [4.78, 5) is 2.14. The van der Waals surface area contributed by atoms with Crippen LogP contribution < -0.4 is 0 Å². The summed E-state index contributed by atoms with van der Waals surface area (Å²) in [7, 11) is 1.70. The Morgan fingerprint density at radius 3 is 2.75 bits per heavy atom. The van der Waals surface area contributed by atoms with Crippen molar-refractivity contribution < 1.29 is 9.84 Å². The molecule has 0 aliphatic carbocycles. The summed E-state index contributed by atoms with van der Waals surface area (Å²) in [5, 5.41) is 8.71. The van der Waals surface area contributed by atoms with Crippen molar-refractivity contribution >= 4 is 0 Å². The van der Waals surface area contributed by atoms with Gasteiger partial charge in [-0.2, -0.15) is 0 Å². The molecule has 0 aromatic rings. The first-order chi connectivity index (χ1) is 5.85. The van der Waals surface area contributed by atoms with Crippen molar-refractivity contribution in [3.05, 3.63) is 12.7 Å². The van der Waals surface area contributed by atoms with Crippen molar-refractivity contribution in [2.75, 3.05) is 40.0 Å². The molecule has 0 aromatic heterocycles. The third-order valence-corrected chi connectivity index (χ3v) is 1.63. The van der Waals surface area contributed by atoms with Crippen molar-refractivity contribution in [2.45, 2.75) is 6.42 Å². The molecule has 0 aromatic carbocycles. The molecule has 0 saturated carbocycles. The van der Waals surface area contributed by atoms with E-state index in [2.05, 4.69) is 11.5 Å². The zero-order valence-electron chi connectivity index (χ0n) is 7.83. The normalized spacial score (nSPS) is 10.6. The molecule has 0 atom stereocenters. The van der Waals surface area contributed by atoms with Crippen LogP contribution in [0.5, 0.6) is 0 Å². The number of ether oxygens (including phenoxy) is 1. The van der Waals surface area contributed by atoms with Crippen LogP contribution in [0, 0.1) is 0 Å². The van der Waals surface area contributed by atoms with E-state index in [1.807, 2.05) is 6.08 Å². The van der Waals surface area contributed by atoms with Crippen LogP contribution in [0.3, 0.4) is 0 Å². The van der Waals surface area contributed by atoms with Crippen molar-refractivity contribution in [3.8, 4) is 0 Å². The number of aliphatic hydroxyl groups is 1. The SMILES string of the molecule is C=CCN(CCO)CCCOC. The Hall–Kier alpha value is -0.380. The van der Waals surface area contributed by atoms with Gasteiger partial charge in [0.05, 0.1) is 6.61 Å². The van der Waals surface area contributed by atoms with Crippen LogP contribution in [0.15, 0.2) is 12.7 Å². The number of hydrogen-bond acceptors (Lipinski definition) is 3. The highest BCUT2D eigenvalue weighted by Crippen LogP contribution is 1.91. The first kappa shape index (κ1) is 11.6. The summed E-state index contributed by atoms with van der Waals surface area (Å²) in [5.74, 6) is 0. The Labute approximate surface area is 74.6 Å². The monoisotopic (exact) mass is 173 g/mol. The Morgan fingerprint density at radius 2 is 2.25 bits per heavy atom. The first-order valence-corrected chi connectivity index (χ1v) is 4.28. The minimum absolute atomic E-state index is 0.209. The van der Waals surface area contributed by atoms with Crippen molar-refractivity contribution in [2.24, 2.45) is 0 Å². The van der Waals surface area contributed by atoms with Gasteiger partial charge in [0.25, 0.3) is 0 Å². The standard InChI is InChI=1S/C9H19NO2/c1-3-5-10(7-8-11)6-4-9-12-2/h3,11H,1,4-9H2,2H3. The summed E-state index contributed by atoms with van der Waals surface area (Å²) in [6.07, 6.45) is 2.85. The number of hydrogen-bond donors (Lipinski definition) is 1. The summed E-state index contributed by atoms with van der Waals surface area (Å²) in [5.41, 5.74) is 0. The van der Waals surface area contributed by atoms with E-state index >= 15 is 0 Å². The fourth-order valence-electron chi connectivity index (χ4n) is 1.05. The van der Waals surface area contributed by atoms with Crippen LogP contribution in [0.1, 0.15) is 6.42 Å². The second-order valence-corrected chi connectivity index (χ2v) is 2.66. The van der Waals surface area contributed by atoms with Crippen LogP contribution in [-0.4, -0.2) is 50.0 Å². The highest BCUT2D eigenvalue weighted by molar-refractivity contribution is 4.72. The molecule has 0 radical (unpaired) electrons. The maximum atomic E-state index is 8.71. The minimum Gasteiger partial charge on any atom is -0.395 e. The van der Waals surface area contributed by atoms with Crippen LogP contribution in [-0.2, 0) is 4.74 Å². The van der Waals surface area contributed by atoms with Crippen LogP contribution in [0.4, 0.5) is 0 Å². The Bertz CT molecular complexity index is 107. The molecule has 0 rings (SSSR count). The molecule has 0 aliphatic heterocycles. The van der Waals surface area contributed by atoms with E-state index in [0.29, 0.717) is 0 Å². The Kier molecular flexibility index (Phi) is 8.44. The zero-order valence-corrected chi connectivity index (χ0v) is 7.83. The van der Waals surface area contributed by atoms with Crippen LogP contribution >= 0.6 is 0 Å². The Morgan fingerprint density at radius 1 is 1.50 bits per heavy atom. The third-order valence-electron chi connectivity index (χ3n) is 1.63. The highest BCUT2D eigenvalue weighted by Gasteiger charge is 2.00. The second-order valence-electron chi connectivity index (χ2n) is 2.66. The van der Waals surface area contributed by atoms with E-state index < -0.39 is 0 Å². The van der Waals surface area contributed by atoms with Gasteiger partial charge in [-0.15, -0.1) is 6.58 Å². The van der Waals surface area contributed by atoms with Crippen molar-refractivity contribution in [1.29, 1.82) is 0 Å². The molecule has 0 aliphatic rings. The molecule has 72 valence electrons. The fourth-order valence-corrected chi connectivity index (χ4v) is 1.05. The molecular weight excluding hydrogens is 154 g/mol. The lowest BCUT2D eigenvalue weighted by Gasteiger charge is -2.18. The van der Waals surface area contributed by atoms with Gasteiger partial charge >= 0.3 is 0 Å². The van der Waals surface area contributed by atoms with Gasteiger partial charge in [-0.25, -0.2) is 0 Å². The number of aliphatic hydroxyl groups excluding tert-OH is 1. The third kappa shape index (κ3) is 6.34. The molecule has 3 heteroatoms. The molecule has 0 heterocycles. The summed E-state index contributed by atoms with van der Waals surface area (Å²) >= 11 is 0. The lowest BCUT2D eigenvalue weighted by molar-refractivity contribution is 0.162. The molecule has 12 heavy (non-hydrogen) atoms.